The normalized spacial score (nSPS) is 20.9. The highest BCUT2D eigenvalue weighted by Gasteiger charge is 2.23. The van der Waals surface area contributed by atoms with Crippen molar-refractivity contribution in [3.05, 3.63) is 30.0 Å². The smallest absolute Gasteiger partial charge is 0.120 e. The summed E-state index contributed by atoms with van der Waals surface area (Å²) in [5.74, 6) is 0.912. The SMILES string of the molecule is COc1ccc2cc(C3CNCCN3C)n(C)c2c1. The van der Waals surface area contributed by atoms with Gasteiger partial charge in [0.1, 0.15) is 5.75 Å². The Morgan fingerprint density at radius 3 is 2.84 bits per heavy atom. The van der Waals surface area contributed by atoms with Crippen molar-refractivity contribution in [3.63, 3.8) is 0 Å². The van der Waals surface area contributed by atoms with Crippen molar-refractivity contribution >= 4 is 10.9 Å². The molecule has 0 spiro atoms. The second kappa shape index (κ2) is 4.87. The molecule has 4 nitrogen and oxygen atoms in total. The predicted molar refractivity (Wildman–Crippen MR) is 77.7 cm³/mol. The second-order valence-corrected chi connectivity index (χ2v) is 5.25. The summed E-state index contributed by atoms with van der Waals surface area (Å²) in [4.78, 5) is 2.42. The fraction of sp³-hybridized carbons (Fsp3) is 0.467. The van der Waals surface area contributed by atoms with Crippen LogP contribution in [0.15, 0.2) is 24.3 Å². The quantitative estimate of drug-likeness (QED) is 0.891. The number of likely N-dealkylation sites (N-methyl/N-ethyl adjacent to an activating group) is 1. The number of nitrogens with zero attached hydrogens (tertiary/aromatic N) is 2. The minimum Gasteiger partial charge on any atom is -0.497 e. The van der Waals surface area contributed by atoms with E-state index in [-0.39, 0.29) is 0 Å². The van der Waals surface area contributed by atoms with Gasteiger partial charge in [0.25, 0.3) is 0 Å². The van der Waals surface area contributed by atoms with Gasteiger partial charge in [-0.2, -0.15) is 0 Å². The van der Waals surface area contributed by atoms with Crippen molar-refractivity contribution in [1.29, 1.82) is 0 Å². The fourth-order valence-corrected chi connectivity index (χ4v) is 2.91. The molecular formula is C15H21N3O. The summed E-state index contributed by atoms with van der Waals surface area (Å²) in [6, 6.07) is 9.00. The highest BCUT2D eigenvalue weighted by atomic mass is 16.5. The largest absolute Gasteiger partial charge is 0.497 e. The number of nitrogens with one attached hydrogen (secondary N) is 1. The highest BCUT2D eigenvalue weighted by Crippen LogP contribution is 2.29. The molecule has 1 fully saturated rings. The summed E-state index contributed by atoms with van der Waals surface area (Å²) in [7, 11) is 6.05. The molecule has 19 heavy (non-hydrogen) atoms. The summed E-state index contributed by atoms with van der Waals surface area (Å²) in [5.41, 5.74) is 2.59. The summed E-state index contributed by atoms with van der Waals surface area (Å²) < 4.78 is 7.60. The zero-order valence-corrected chi connectivity index (χ0v) is 11.8. The molecule has 1 atom stereocenters. The van der Waals surface area contributed by atoms with E-state index in [1.165, 1.54) is 16.6 Å². The Bertz CT molecular complexity index is 590. The maximum Gasteiger partial charge on any atom is 0.120 e. The van der Waals surface area contributed by atoms with E-state index < -0.39 is 0 Å². The number of methoxy groups -OCH3 is 1. The van der Waals surface area contributed by atoms with Gasteiger partial charge in [-0.25, -0.2) is 0 Å². The first-order valence-electron chi connectivity index (χ1n) is 6.75. The molecule has 3 rings (SSSR count). The van der Waals surface area contributed by atoms with Gasteiger partial charge < -0.3 is 14.6 Å². The third-order valence-corrected chi connectivity index (χ3v) is 4.14. The first-order chi connectivity index (χ1) is 9.20. The van der Waals surface area contributed by atoms with Crippen LogP contribution in [0.25, 0.3) is 10.9 Å². The Hall–Kier alpha value is -1.52. The molecule has 1 N–H and O–H groups in total. The van der Waals surface area contributed by atoms with E-state index in [1.54, 1.807) is 7.11 Å². The minimum atomic E-state index is 0.442. The van der Waals surface area contributed by atoms with Crippen LogP contribution in [0.3, 0.4) is 0 Å². The predicted octanol–water partition coefficient (Wildman–Crippen LogP) is 1.76. The first kappa shape index (κ1) is 12.5. The number of piperazine rings is 1. The van der Waals surface area contributed by atoms with Gasteiger partial charge in [0.05, 0.1) is 18.7 Å². The molecule has 1 aromatic heterocycles. The van der Waals surface area contributed by atoms with Gasteiger partial charge in [0.15, 0.2) is 0 Å². The first-order valence-corrected chi connectivity index (χ1v) is 6.75. The van der Waals surface area contributed by atoms with Crippen molar-refractivity contribution in [3.8, 4) is 5.75 Å². The van der Waals surface area contributed by atoms with Crippen LogP contribution in [0, 0.1) is 0 Å². The Labute approximate surface area is 114 Å². The molecule has 2 aromatic rings. The Morgan fingerprint density at radius 2 is 2.11 bits per heavy atom. The van der Waals surface area contributed by atoms with Gasteiger partial charge in [0.2, 0.25) is 0 Å². The lowest BCUT2D eigenvalue weighted by Gasteiger charge is -2.33. The molecule has 0 radical (unpaired) electrons. The molecule has 1 aliphatic rings. The van der Waals surface area contributed by atoms with Crippen LogP contribution >= 0.6 is 0 Å². The molecule has 102 valence electrons. The molecule has 1 unspecified atom stereocenters. The topological polar surface area (TPSA) is 29.4 Å². The van der Waals surface area contributed by atoms with Gasteiger partial charge in [-0.15, -0.1) is 0 Å². The van der Waals surface area contributed by atoms with E-state index in [2.05, 4.69) is 47.1 Å². The molecule has 0 saturated carbocycles. The minimum absolute atomic E-state index is 0.442. The average molecular weight is 259 g/mol. The monoisotopic (exact) mass is 259 g/mol. The van der Waals surface area contributed by atoms with Crippen LogP contribution in [-0.2, 0) is 7.05 Å². The Morgan fingerprint density at radius 1 is 1.26 bits per heavy atom. The zero-order chi connectivity index (χ0) is 13.4. The molecule has 1 aliphatic heterocycles. The van der Waals surface area contributed by atoms with Crippen LogP contribution in [0.1, 0.15) is 11.7 Å². The molecule has 0 aliphatic carbocycles. The van der Waals surface area contributed by atoms with E-state index >= 15 is 0 Å². The van der Waals surface area contributed by atoms with Gasteiger partial charge in [-0.05, 0) is 25.2 Å². The second-order valence-electron chi connectivity index (χ2n) is 5.25. The van der Waals surface area contributed by atoms with Crippen molar-refractivity contribution < 1.29 is 4.74 Å². The number of aryl methyl sites for hydroxylation is 1. The van der Waals surface area contributed by atoms with Crippen LogP contribution in [0.2, 0.25) is 0 Å². The van der Waals surface area contributed by atoms with E-state index in [0.29, 0.717) is 6.04 Å². The lowest BCUT2D eigenvalue weighted by molar-refractivity contribution is 0.196. The zero-order valence-electron chi connectivity index (χ0n) is 11.8. The lowest BCUT2D eigenvalue weighted by Crippen LogP contribution is -2.44. The van der Waals surface area contributed by atoms with Gasteiger partial charge in [0, 0.05) is 43.8 Å². The van der Waals surface area contributed by atoms with Crippen molar-refractivity contribution in [2.75, 3.05) is 33.8 Å². The number of rotatable bonds is 2. The molecular weight excluding hydrogens is 238 g/mol. The van der Waals surface area contributed by atoms with Gasteiger partial charge in [-0.1, -0.05) is 0 Å². The molecule has 0 amide bonds. The van der Waals surface area contributed by atoms with E-state index in [1.807, 2.05) is 6.07 Å². The standard InChI is InChI=1S/C15H21N3O/c1-17-7-6-16-10-15(17)14-8-11-4-5-12(19-3)9-13(11)18(14)2/h4-5,8-9,15-16H,6-7,10H2,1-3H3. The molecule has 2 heterocycles. The number of hydrogen-bond donors (Lipinski definition) is 1. The Kier molecular flexibility index (Phi) is 3.21. The van der Waals surface area contributed by atoms with E-state index in [4.69, 9.17) is 4.74 Å². The van der Waals surface area contributed by atoms with Crippen molar-refractivity contribution in [2.24, 2.45) is 7.05 Å². The van der Waals surface area contributed by atoms with Crippen LogP contribution in [-0.4, -0.2) is 43.3 Å². The summed E-state index contributed by atoms with van der Waals surface area (Å²) in [6.07, 6.45) is 0. The average Bonchev–Trinajstić information content (AvgIpc) is 2.76. The number of aromatic nitrogens is 1. The van der Waals surface area contributed by atoms with Gasteiger partial charge >= 0.3 is 0 Å². The van der Waals surface area contributed by atoms with Crippen LogP contribution < -0.4 is 10.1 Å². The summed E-state index contributed by atoms with van der Waals surface area (Å²) >= 11 is 0. The van der Waals surface area contributed by atoms with E-state index in [9.17, 15) is 0 Å². The molecule has 1 saturated heterocycles. The fourth-order valence-electron chi connectivity index (χ4n) is 2.91. The molecule has 1 aromatic carbocycles. The highest BCUT2D eigenvalue weighted by molar-refractivity contribution is 5.83. The maximum atomic E-state index is 5.32. The number of ether oxygens (including phenoxy) is 1. The third-order valence-electron chi connectivity index (χ3n) is 4.14. The van der Waals surface area contributed by atoms with Gasteiger partial charge in [-0.3, -0.25) is 4.90 Å². The number of hydrogen-bond acceptors (Lipinski definition) is 3. The van der Waals surface area contributed by atoms with E-state index in [0.717, 1.165) is 25.4 Å². The van der Waals surface area contributed by atoms with Crippen molar-refractivity contribution in [1.82, 2.24) is 14.8 Å². The van der Waals surface area contributed by atoms with Crippen LogP contribution in [0.5, 0.6) is 5.75 Å². The molecule has 4 heteroatoms. The molecule has 0 bridgehead atoms. The lowest BCUT2D eigenvalue weighted by atomic mass is 10.1. The third kappa shape index (κ3) is 2.11. The summed E-state index contributed by atoms with van der Waals surface area (Å²) in [5, 5.41) is 4.75. The van der Waals surface area contributed by atoms with Crippen LogP contribution in [0.4, 0.5) is 0 Å². The van der Waals surface area contributed by atoms with Crippen molar-refractivity contribution in [2.45, 2.75) is 6.04 Å². The Balaban J connectivity index is 2.06. The maximum absolute atomic E-state index is 5.32. The number of benzene rings is 1. The number of fused-ring (bicyclic) bond motifs is 1. The summed E-state index contributed by atoms with van der Waals surface area (Å²) in [6.45, 7) is 3.18.